The summed E-state index contributed by atoms with van der Waals surface area (Å²) >= 11 is 0. The van der Waals surface area contributed by atoms with Crippen molar-refractivity contribution in [3.8, 4) is 0 Å². The van der Waals surface area contributed by atoms with E-state index in [1.807, 2.05) is 24.5 Å². The highest BCUT2D eigenvalue weighted by Crippen LogP contribution is 2.14. The molecule has 2 aromatic heterocycles. The molecule has 0 radical (unpaired) electrons. The Morgan fingerprint density at radius 3 is 2.72 bits per heavy atom. The lowest BCUT2D eigenvalue weighted by Gasteiger charge is -1.97. The normalized spacial score (nSPS) is 10.9. The Labute approximate surface area is 106 Å². The van der Waals surface area contributed by atoms with Crippen LogP contribution in [-0.2, 0) is 12.8 Å². The first-order valence-electron chi connectivity index (χ1n) is 6.15. The van der Waals surface area contributed by atoms with E-state index in [1.54, 1.807) is 0 Å². The summed E-state index contributed by atoms with van der Waals surface area (Å²) in [5.74, 6) is 1.05. The first-order chi connectivity index (χ1) is 8.81. The quantitative estimate of drug-likeness (QED) is 0.760. The van der Waals surface area contributed by atoms with Crippen LogP contribution in [0.2, 0.25) is 0 Å². The van der Waals surface area contributed by atoms with E-state index >= 15 is 0 Å². The number of aromatic amines is 1. The van der Waals surface area contributed by atoms with E-state index in [9.17, 15) is 0 Å². The van der Waals surface area contributed by atoms with Gasteiger partial charge in [-0.05, 0) is 48.7 Å². The van der Waals surface area contributed by atoms with Crippen molar-refractivity contribution in [1.82, 2.24) is 15.0 Å². The fourth-order valence-corrected chi connectivity index (χ4v) is 2.11. The van der Waals surface area contributed by atoms with E-state index < -0.39 is 0 Å². The zero-order chi connectivity index (χ0) is 12.4. The Morgan fingerprint density at radius 2 is 1.89 bits per heavy atom. The fraction of sp³-hybridized carbons (Fsp3) is 0.200. The van der Waals surface area contributed by atoms with E-state index in [0.717, 1.165) is 29.7 Å². The molecule has 0 aliphatic carbocycles. The second kappa shape index (κ2) is 4.61. The van der Waals surface area contributed by atoms with E-state index in [-0.39, 0.29) is 0 Å². The molecule has 1 N–H and O–H groups in total. The number of nitrogens with one attached hydrogen (secondary N) is 1. The third-order valence-electron chi connectivity index (χ3n) is 3.09. The molecule has 0 aliphatic heterocycles. The number of aryl methyl sites for hydroxylation is 3. The highest BCUT2D eigenvalue weighted by Gasteiger charge is 2.03. The van der Waals surface area contributed by atoms with Crippen LogP contribution >= 0.6 is 0 Å². The maximum atomic E-state index is 4.60. The molecule has 3 heteroatoms. The minimum Gasteiger partial charge on any atom is -0.342 e. The van der Waals surface area contributed by atoms with Gasteiger partial charge < -0.3 is 4.98 Å². The molecule has 3 nitrogen and oxygen atoms in total. The van der Waals surface area contributed by atoms with Crippen LogP contribution in [0.4, 0.5) is 0 Å². The van der Waals surface area contributed by atoms with E-state index in [0.29, 0.717) is 0 Å². The molecule has 3 aromatic rings. The SMILES string of the molecule is Cc1ccc2nc(CCc3ccncc3)[nH]c2c1. The van der Waals surface area contributed by atoms with E-state index in [1.165, 1.54) is 11.1 Å². The molecule has 0 amide bonds. The summed E-state index contributed by atoms with van der Waals surface area (Å²) < 4.78 is 0. The van der Waals surface area contributed by atoms with Crippen molar-refractivity contribution in [1.29, 1.82) is 0 Å². The zero-order valence-corrected chi connectivity index (χ0v) is 10.4. The smallest absolute Gasteiger partial charge is 0.107 e. The number of fused-ring (bicyclic) bond motifs is 1. The molecule has 0 atom stereocenters. The Bertz CT molecular complexity index is 656. The van der Waals surface area contributed by atoms with Gasteiger partial charge in [0.05, 0.1) is 11.0 Å². The number of aromatic nitrogens is 3. The maximum Gasteiger partial charge on any atom is 0.107 e. The molecule has 0 fully saturated rings. The second-order valence-corrected chi connectivity index (χ2v) is 4.56. The minimum absolute atomic E-state index is 0.928. The molecule has 0 aliphatic rings. The van der Waals surface area contributed by atoms with Crippen molar-refractivity contribution in [2.24, 2.45) is 0 Å². The van der Waals surface area contributed by atoms with Gasteiger partial charge in [0.25, 0.3) is 0 Å². The average molecular weight is 237 g/mol. The van der Waals surface area contributed by atoms with Crippen LogP contribution in [0.3, 0.4) is 0 Å². The predicted molar refractivity (Wildman–Crippen MR) is 72.5 cm³/mol. The summed E-state index contributed by atoms with van der Waals surface area (Å²) in [6.07, 6.45) is 5.58. The van der Waals surface area contributed by atoms with Gasteiger partial charge in [0.15, 0.2) is 0 Å². The number of imidazole rings is 1. The lowest BCUT2D eigenvalue weighted by molar-refractivity contribution is 0.888. The molecule has 3 rings (SSSR count). The first kappa shape index (κ1) is 11.0. The third kappa shape index (κ3) is 2.25. The van der Waals surface area contributed by atoms with Crippen LogP contribution in [0.1, 0.15) is 17.0 Å². The largest absolute Gasteiger partial charge is 0.342 e. The number of nitrogens with zero attached hydrogens (tertiary/aromatic N) is 2. The average Bonchev–Trinajstić information content (AvgIpc) is 2.79. The molecule has 0 bridgehead atoms. The number of H-pyrrole nitrogens is 1. The topological polar surface area (TPSA) is 41.6 Å². The maximum absolute atomic E-state index is 4.60. The standard InChI is InChI=1S/C15H15N3/c1-11-2-4-13-14(10-11)18-15(17-13)5-3-12-6-8-16-9-7-12/h2,4,6-10H,3,5H2,1H3,(H,17,18). The van der Waals surface area contributed by atoms with Gasteiger partial charge in [-0.15, -0.1) is 0 Å². The van der Waals surface area contributed by atoms with Crippen molar-refractivity contribution in [3.05, 3.63) is 59.7 Å². The van der Waals surface area contributed by atoms with Crippen LogP contribution in [0.25, 0.3) is 11.0 Å². The predicted octanol–water partition coefficient (Wildman–Crippen LogP) is 3.05. The monoisotopic (exact) mass is 237 g/mol. The van der Waals surface area contributed by atoms with Crippen molar-refractivity contribution < 1.29 is 0 Å². The Morgan fingerprint density at radius 1 is 1.06 bits per heavy atom. The zero-order valence-electron chi connectivity index (χ0n) is 10.4. The van der Waals surface area contributed by atoms with Gasteiger partial charge in [-0.3, -0.25) is 4.98 Å². The van der Waals surface area contributed by atoms with Gasteiger partial charge in [0.2, 0.25) is 0 Å². The first-order valence-corrected chi connectivity index (χ1v) is 6.15. The lowest BCUT2D eigenvalue weighted by atomic mass is 10.1. The molecular weight excluding hydrogens is 222 g/mol. The lowest BCUT2D eigenvalue weighted by Crippen LogP contribution is -1.93. The molecule has 0 spiro atoms. The molecule has 0 saturated heterocycles. The summed E-state index contributed by atoms with van der Waals surface area (Å²) in [6.45, 7) is 2.09. The highest BCUT2D eigenvalue weighted by molar-refractivity contribution is 5.75. The number of pyridine rings is 1. The van der Waals surface area contributed by atoms with E-state index in [2.05, 4.69) is 40.1 Å². The molecule has 0 saturated carbocycles. The second-order valence-electron chi connectivity index (χ2n) is 4.56. The highest BCUT2D eigenvalue weighted by atomic mass is 14.9. The molecule has 1 aromatic carbocycles. The van der Waals surface area contributed by atoms with Gasteiger partial charge in [0, 0.05) is 18.8 Å². The molecule has 0 unspecified atom stereocenters. The third-order valence-corrected chi connectivity index (χ3v) is 3.09. The molecule has 2 heterocycles. The minimum atomic E-state index is 0.928. The van der Waals surface area contributed by atoms with Gasteiger partial charge in [0.1, 0.15) is 5.82 Å². The Balaban J connectivity index is 1.79. The van der Waals surface area contributed by atoms with Crippen molar-refractivity contribution in [3.63, 3.8) is 0 Å². The van der Waals surface area contributed by atoms with Crippen LogP contribution in [-0.4, -0.2) is 15.0 Å². The Hall–Kier alpha value is -2.16. The van der Waals surface area contributed by atoms with Gasteiger partial charge in [-0.2, -0.15) is 0 Å². The summed E-state index contributed by atoms with van der Waals surface area (Å²) in [5.41, 5.74) is 4.72. The number of benzene rings is 1. The summed E-state index contributed by atoms with van der Waals surface area (Å²) in [7, 11) is 0. The fourth-order valence-electron chi connectivity index (χ4n) is 2.11. The number of hydrogen-bond donors (Lipinski definition) is 1. The van der Waals surface area contributed by atoms with Crippen LogP contribution in [0.5, 0.6) is 0 Å². The summed E-state index contributed by atoms with van der Waals surface area (Å²) in [6, 6.07) is 10.4. The Kier molecular flexibility index (Phi) is 2.81. The molecule has 90 valence electrons. The van der Waals surface area contributed by atoms with Crippen LogP contribution < -0.4 is 0 Å². The van der Waals surface area contributed by atoms with Crippen molar-refractivity contribution in [2.75, 3.05) is 0 Å². The van der Waals surface area contributed by atoms with E-state index in [4.69, 9.17) is 0 Å². The number of rotatable bonds is 3. The van der Waals surface area contributed by atoms with Crippen LogP contribution in [0, 0.1) is 6.92 Å². The summed E-state index contributed by atoms with van der Waals surface area (Å²) in [5, 5.41) is 0. The van der Waals surface area contributed by atoms with Gasteiger partial charge in [-0.1, -0.05) is 6.07 Å². The van der Waals surface area contributed by atoms with Crippen LogP contribution in [0.15, 0.2) is 42.7 Å². The van der Waals surface area contributed by atoms with Gasteiger partial charge in [-0.25, -0.2) is 4.98 Å². The van der Waals surface area contributed by atoms with Gasteiger partial charge >= 0.3 is 0 Å². The molecule has 18 heavy (non-hydrogen) atoms. The number of hydrogen-bond acceptors (Lipinski definition) is 2. The van der Waals surface area contributed by atoms with Crippen molar-refractivity contribution in [2.45, 2.75) is 19.8 Å². The summed E-state index contributed by atoms with van der Waals surface area (Å²) in [4.78, 5) is 12.0. The van der Waals surface area contributed by atoms with Crippen molar-refractivity contribution >= 4 is 11.0 Å². The molecular formula is C15H15N3.